The molecule has 0 saturated heterocycles. The summed E-state index contributed by atoms with van der Waals surface area (Å²) in [6, 6.07) is 15.9. The fourth-order valence-corrected chi connectivity index (χ4v) is 2.86. The van der Waals surface area contributed by atoms with E-state index in [0.717, 1.165) is 27.1 Å². The molecule has 0 heterocycles. The zero-order valence-electron chi connectivity index (χ0n) is 10.6. The summed E-state index contributed by atoms with van der Waals surface area (Å²) in [5.41, 5.74) is 1.35. The molecule has 0 fully saturated rings. The number of hydrogen-bond donors (Lipinski definition) is 0. The van der Waals surface area contributed by atoms with Gasteiger partial charge in [-0.3, -0.25) is 9.59 Å². The van der Waals surface area contributed by atoms with Gasteiger partial charge in [0, 0.05) is 5.56 Å². The normalized spacial score (nSPS) is 14.0. The number of rotatable bonds is 0. The van der Waals surface area contributed by atoms with Gasteiger partial charge in [-0.15, -0.1) is 0 Å². The van der Waals surface area contributed by atoms with Crippen molar-refractivity contribution in [1.29, 1.82) is 0 Å². The van der Waals surface area contributed by atoms with Crippen LogP contribution in [0, 0.1) is 0 Å². The maximum absolute atomic E-state index is 12.2. The van der Waals surface area contributed by atoms with Gasteiger partial charge in [0.25, 0.3) is 0 Å². The number of benzene rings is 3. The van der Waals surface area contributed by atoms with Gasteiger partial charge in [0.15, 0.2) is 0 Å². The van der Waals surface area contributed by atoms with Crippen LogP contribution in [0.3, 0.4) is 0 Å². The van der Waals surface area contributed by atoms with Crippen molar-refractivity contribution in [2.24, 2.45) is 0 Å². The van der Waals surface area contributed by atoms with E-state index >= 15 is 0 Å². The Balaban J connectivity index is 2.21. The van der Waals surface area contributed by atoms with Crippen LogP contribution in [-0.2, 0) is 4.79 Å². The van der Waals surface area contributed by atoms with E-state index < -0.39 is 11.6 Å². The Morgan fingerprint density at radius 2 is 1.45 bits per heavy atom. The second kappa shape index (κ2) is 3.87. The minimum Gasteiger partial charge on any atom is -0.286 e. The van der Waals surface area contributed by atoms with Gasteiger partial charge in [0.1, 0.15) is 0 Å². The highest BCUT2D eigenvalue weighted by Crippen LogP contribution is 2.31. The van der Waals surface area contributed by atoms with Crippen LogP contribution in [0.4, 0.5) is 0 Å². The van der Waals surface area contributed by atoms with Crippen molar-refractivity contribution in [1.82, 2.24) is 0 Å². The Bertz CT molecular complexity index is 933. The summed E-state index contributed by atoms with van der Waals surface area (Å²) in [7, 11) is 0. The van der Waals surface area contributed by atoms with Crippen LogP contribution >= 0.6 is 0 Å². The largest absolute Gasteiger partial charge is 0.286 e. The van der Waals surface area contributed by atoms with Crippen molar-refractivity contribution in [3.8, 4) is 0 Å². The minimum absolute atomic E-state index is 0.414. The quantitative estimate of drug-likeness (QED) is 0.454. The molecule has 0 radical (unpaired) electrons. The summed E-state index contributed by atoms with van der Waals surface area (Å²) >= 11 is 0. The van der Waals surface area contributed by atoms with Crippen LogP contribution in [0.25, 0.3) is 27.6 Å². The molecule has 20 heavy (non-hydrogen) atoms. The first-order valence-corrected chi connectivity index (χ1v) is 6.47. The van der Waals surface area contributed by atoms with Crippen LogP contribution in [0.15, 0.2) is 54.6 Å². The van der Waals surface area contributed by atoms with Crippen LogP contribution in [0.2, 0.25) is 0 Å². The zero-order valence-corrected chi connectivity index (χ0v) is 10.6. The van der Waals surface area contributed by atoms with Crippen molar-refractivity contribution in [3.63, 3.8) is 0 Å². The summed E-state index contributed by atoms with van der Waals surface area (Å²) < 4.78 is 0. The lowest BCUT2D eigenvalue weighted by atomic mass is 9.88. The monoisotopic (exact) mass is 258 g/mol. The molecule has 3 aromatic rings. The van der Waals surface area contributed by atoms with Crippen molar-refractivity contribution in [2.75, 3.05) is 0 Å². The molecule has 1 aliphatic rings. The van der Waals surface area contributed by atoms with E-state index in [4.69, 9.17) is 0 Å². The molecule has 2 heteroatoms. The number of fused-ring (bicyclic) bond motifs is 5. The van der Waals surface area contributed by atoms with Gasteiger partial charge in [-0.25, -0.2) is 0 Å². The predicted octanol–water partition coefficient (Wildman–Crippen LogP) is 3.77. The first kappa shape index (κ1) is 11.1. The van der Waals surface area contributed by atoms with E-state index in [1.54, 1.807) is 6.08 Å². The lowest BCUT2D eigenvalue weighted by Gasteiger charge is -2.13. The first-order chi connectivity index (χ1) is 9.75. The smallest absolute Gasteiger partial charge is 0.234 e. The Labute approximate surface area is 115 Å². The van der Waals surface area contributed by atoms with Crippen molar-refractivity contribution >= 4 is 39.2 Å². The van der Waals surface area contributed by atoms with E-state index in [2.05, 4.69) is 0 Å². The second-order valence-electron chi connectivity index (χ2n) is 4.94. The number of carbonyl (C=O) groups is 2. The van der Waals surface area contributed by atoms with Crippen LogP contribution in [0.1, 0.15) is 15.9 Å². The third-order valence-corrected chi connectivity index (χ3v) is 3.82. The number of ketones is 2. The fraction of sp³-hybridized carbons (Fsp3) is 0. The molecule has 0 amide bonds. The molecule has 2 nitrogen and oxygen atoms in total. The average Bonchev–Trinajstić information content (AvgIpc) is 2.50. The average molecular weight is 258 g/mol. The molecule has 0 aliphatic heterocycles. The Morgan fingerprint density at radius 3 is 2.35 bits per heavy atom. The summed E-state index contributed by atoms with van der Waals surface area (Å²) in [6.07, 6.45) is 3.06. The molecule has 0 bridgehead atoms. The van der Waals surface area contributed by atoms with Gasteiger partial charge in [0.2, 0.25) is 11.6 Å². The standard InChI is InChI=1S/C18H10O2/c19-16-10-7-12-6-8-14-13-4-2-1-3-11(13)5-9-15(14)17(12)18(16)20/h1-10H. The number of hydrogen-bond acceptors (Lipinski definition) is 2. The SMILES string of the molecule is O=C1C=Cc2ccc3c(ccc4ccccc43)c2C1=O. The zero-order chi connectivity index (χ0) is 13.7. The number of Topliss-reactive ketones (excluding diaryl/α,β-unsaturated/α-hetero) is 1. The van der Waals surface area contributed by atoms with Gasteiger partial charge in [-0.1, -0.05) is 54.6 Å². The Kier molecular flexibility index (Phi) is 2.15. The minimum atomic E-state index is -0.446. The van der Waals surface area contributed by atoms with Gasteiger partial charge in [-0.05, 0) is 33.2 Å². The van der Waals surface area contributed by atoms with Gasteiger partial charge < -0.3 is 0 Å². The summed E-state index contributed by atoms with van der Waals surface area (Å²) in [5, 5.41) is 4.09. The second-order valence-corrected chi connectivity index (χ2v) is 4.94. The lowest BCUT2D eigenvalue weighted by Crippen LogP contribution is -2.16. The predicted molar refractivity (Wildman–Crippen MR) is 79.8 cm³/mol. The molecule has 0 atom stereocenters. The Morgan fingerprint density at radius 1 is 0.650 bits per heavy atom. The number of carbonyl (C=O) groups excluding carboxylic acids is 2. The van der Waals surface area contributed by atoms with Crippen molar-refractivity contribution < 1.29 is 9.59 Å². The van der Waals surface area contributed by atoms with E-state index in [-0.39, 0.29) is 0 Å². The lowest BCUT2D eigenvalue weighted by molar-refractivity contribution is -0.110. The molecule has 0 spiro atoms. The van der Waals surface area contributed by atoms with E-state index in [1.165, 1.54) is 6.08 Å². The van der Waals surface area contributed by atoms with E-state index in [9.17, 15) is 9.59 Å². The number of allylic oxidation sites excluding steroid dienone is 1. The molecule has 0 aromatic heterocycles. The molecule has 1 aliphatic carbocycles. The highest BCUT2D eigenvalue weighted by atomic mass is 16.2. The molecule has 0 N–H and O–H groups in total. The van der Waals surface area contributed by atoms with E-state index in [1.807, 2.05) is 48.5 Å². The van der Waals surface area contributed by atoms with Crippen molar-refractivity contribution in [3.05, 3.63) is 65.7 Å². The molecule has 0 saturated carbocycles. The molecule has 94 valence electrons. The highest BCUT2D eigenvalue weighted by Gasteiger charge is 2.23. The van der Waals surface area contributed by atoms with Crippen LogP contribution < -0.4 is 0 Å². The molecule has 4 rings (SSSR count). The first-order valence-electron chi connectivity index (χ1n) is 6.47. The molecule has 0 unspecified atom stereocenters. The fourth-order valence-electron chi connectivity index (χ4n) is 2.86. The van der Waals surface area contributed by atoms with Crippen molar-refractivity contribution in [2.45, 2.75) is 0 Å². The third kappa shape index (κ3) is 1.39. The highest BCUT2D eigenvalue weighted by molar-refractivity contribution is 6.52. The molecule has 3 aromatic carbocycles. The maximum atomic E-state index is 12.2. The topological polar surface area (TPSA) is 34.1 Å². The van der Waals surface area contributed by atoms with E-state index in [0.29, 0.717) is 5.56 Å². The van der Waals surface area contributed by atoms with Crippen LogP contribution in [-0.4, -0.2) is 11.6 Å². The van der Waals surface area contributed by atoms with Crippen LogP contribution in [0.5, 0.6) is 0 Å². The molecular weight excluding hydrogens is 248 g/mol. The third-order valence-electron chi connectivity index (χ3n) is 3.82. The van der Waals surface area contributed by atoms with Gasteiger partial charge in [-0.2, -0.15) is 0 Å². The maximum Gasteiger partial charge on any atom is 0.234 e. The summed E-state index contributed by atoms with van der Waals surface area (Å²) in [5.74, 6) is -0.860. The summed E-state index contributed by atoms with van der Waals surface area (Å²) in [4.78, 5) is 23.8. The summed E-state index contributed by atoms with van der Waals surface area (Å²) in [6.45, 7) is 0. The molecular formula is C18H10O2. The Hall–Kier alpha value is -2.74. The van der Waals surface area contributed by atoms with Gasteiger partial charge >= 0.3 is 0 Å². The van der Waals surface area contributed by atoms with Gasteiger partial charge in [0.05, 0.1) is 0 Å².